The first-order valence-electron chi connectivity index (χ1n) is 11.2. The molecular formula is C24H31N5OS. The number of carbonyl (C=O) groups excluding carboxylic acids is 1. The molecule has 0 aliphatic carbocycles. The van der Waals surface area contributed by atoms with Crippen molar-refractivity contribution in [3.63, 3.8) is 0 Å². The van der Waals surface area contributed by atoms with Gasteiger partial charge in [-0.3, -0.25) is 4.79 Å². The van der Waals surface area contributed by atoms with E-state index in [1.54, 1.807) is 0 Å². The summed E-state index contributed by atoms with van der Waals surface area (Å²) in [6, 6.07) is 10.8. The maximum Gasteiger partial charge on any atom is 0.224 e. The Morgan fingerprint density at radius 2 is 2.06 bits per heavy atom. The van der Waals surface area contributed by atoms with Crippen LogP contribution in [0, 0.1) is 6.92 Å². The third-order valence-electron chi connectivity index (χ3n) is 6.19. The Bertz CT molecular complexity index is 935. The minimum absolute atomic E-state index is 0.103. The van der Waals surface area contributed by atoms with Gasteiger partial charge in [-0.15, -0.1) is 0 Å². The average molecular weight is 438 g/mol. The zero-order valence-electron chi connectivity index (χ0n) is 18.3. The average Bonchev–Trinajstić information content (AvgIpc) is 2.75. The van der Waals surface area contributed by atoms with Gasteiger partial charge in [-0.2, -0.15) is 0 Å². The number of nitrogens with one attached hydrogen (secondary N) is 2. The molecule has 2 aliphatic rings. The molecular weight excluding hydrogens is 406 g/mol. The first kappa shape index (κ1) is 21.7. The molecule has 0 unspecified atom stereocenters. The molecule has 7 heteroatoms. The van der Waals surface area contributed by atoms with Crippen LogP contribution in [0.25, 0.3) is 0 Å². The third-order valence-corrected chi connectivity index (χ3v) is 6.42. The highest BCUT2D eigenvalue weighted by Gasteiger charge is 2.30. The molecule has 2 fully saturated rings. The predicted molar refractivity (Wildman–Crippen MR) is 126 cm³/mol. The highest BCUT2D eigenvalue weighted by Crippen LogP contribution is 2.29. The molecule has 2 saturated heterocycles. The lowest BCUT2D eigenvalue weighted by atomic mass is 9.89. The van der Waals surface area contributed by atoms with Crippen LogP contribution in [0.5, 0.6) is 0 Å². The monoisotopic (exact) mass is 437 g/mol. The van der Waals surface area contributed by atoms with Crippen molar-refractivity contribution in [1.82, 2.24) is 25.5 Å². The van der Waals surface area contributed by atoms with E-state index in [2.05, 4.69) is 46.8 Å². The van der Waals surface area contributed by atoms with Gasteiger partial charge < -0.3 is 15.5 Å². The lowest BCUT2D eigenvalue weighted by molar-refractivity contribution is -0.133. The van der Waals surface area contributed by atoms with E-state index in [1.165, 1.54) is 5.56 Å². The number of aromatic nitrogens is 2. The summed E-state index contributed by atoms with van der Waals surface area (Å²) < 4.78 is 0. The fourth-order valence-electron chi connectivity index (χ4n) is 4.71. The van der Waals surface area contributed by atoms with Gasteiger partial charge in [0.05, 0.1) is 5.69 Å². The summed E-state index contributed by atoms with van der Waals surface area (Å²) in [6.07, 6.45) is 6.21. The molecule has 1 amide bonds. The van der Waals surface area contributed by atoms with Gasteiger partial charge in [0.2, 0.25) is 5.91 Å². The topological polar surface area (TPSA) is 70.2 Å². The summed E-state index contributed by atoms with van der Waals surface area (Å²) in [4.78, 5) is 24.4. The standard InChI is InChI=1S/C24H31N5OS/c1-16-11-21(28-24(31)26-16)13-22(30)29-10-6-9-19(15-29)23-20(14-25-17(2)27-23)12-18-7-4-3-5-8-18/h3-5,7-8,14,16,19,21H,6,9-13,15H2,1-2H3,(H2,26,28,31)/t16-,19+,21+/m1/s1. The lowest BCUT2D eigenvalue weighted by Gasteiger charge is -2.36. The van der Waals surface area contributed by atoms with Crippen LogP contribution in [-0.4, -0.2) is 51.1 Å². The van der Waals surface area contributed by atoms with Crippen LogP contribution < -0.4 is 10.6 Å². The summed E-state index contributed by atoms with van der Waals surface area (Å²) >= 11 is 5.27. The summed E-state index contributed by atoms with van der Waals surface area (Å²) in [5.74, 6) is 1.24. The lowest BCUT2D eigenvalue weighted by Crippen LogP contribution is -2.54. The molecule has 164 valence electrons. The number of nitrogens with zero attached hydrogens (tertiary/aromatic N) is 3. The van der Waals surface area contributed by atoms with Crippen molar-refractivity contribution >= 4 is 23.2 Å². The smallest absolute Gasteiger partial charge is 0.224 e. The van der Waals surface area contributed by atoms with E-state index < -0.39 is 0 Å². The minimum Gasteiger partial charge on any atom is -0.360 e. The third kappa shape index (κ3) is 5.58. The van der Waals surface area contributed by atoms with Crippen LogP contribution in [0.15, 0.2) is 36.5 Å². The molecule has 3 heterocycles. The maximum absolute atomic E-state index is 13.1. The molecule has 4 rings (SSSR count). The van der Waals surface area contributed by atoms with E-state index in [4.69, 9.17) is 17.2 Å². The fraction of sp³-hybridized carbons (Fsp3) is 0.500. The summed E-state index contributed by atoms with van der Waals surface area (Å²) in [5.41, 5.74) is 3.51. The van der Waals surface area contributed by atoms with Crippen LogP contribution >= 0.6 is 12.2 Å². The second kappa shape index (κ2) is 9.73. The van der Waals surface area contributed by atoms with Crippen molar-refractivity contribution in [2.75, 3.05) is 13.1 Å². The molecule has 1 aromatic carbocycles. The van der Waals surface area contributed by atoms with E-state index in [0.717, 1.165) is 55.9 Å². The van der Waals surface area contributed by atoms with E-state index in [1.807, 2.05) is 24.1 Å². The second-order valence-corrected chi connectivity index (χ2v) is 9.23. The molecule has 0 radical (unpaired) electrons. The number of benzene rings is 1. The van der Waals surface area contributed by atoms with Gasteiger partial charge in [-0.1, -0.05) is 30.3 Å². The number of rotatable bonds is 5. The molecule has 0 saturated carbocycles. The number of aryl methyl sites for hydroxylation is 1. The Morgan fingerprint density at radius 3 is 2.84 bits per heavy atom. The fourth-order valence-corrected chi connectivity index (χ4v) is 5.08. The first-order chi connectivity index (χ1) is 15.0. The molecule has 0 spiro atoms. The number of likely N-dealkylation sites (tertiary alicyclic amines) is 1. The van der Waals surface area contributed by atoms with Gasteiger partial charge >= 0.3 is 0 Å². The minimum atomic E-state index is 0.103. The Morgan fingerprint density at radius 1 is 1.26 bits per heavy atom. The zero-order valence-corrected chi connectivity index (χ0v) is 19.1. The number of piperidine rings is 1. The quantitative estimate of drug-likeness (QED) is 0.701. The molecule has 0 bridgehead atoms. The van der Waals surface area contributed by atoms with Crippen LogP contribution in [0.4, 0.5) is 0 Å². The van der Waals surface area contributed by atoms with Crippen molar-refractivity contribution in [1.29, 1.82) is 0 Å². The molecule has 2 N–H and O–H groups in total. The number of thiocarbonyl (C=S) groups is 1. The van der Waals surface area contributed by atoms with E-state index >= 15 is 0 Å². The van der Waals surface area contributed by atoms with Crippen LogP contribution in [-0.2, 0) is 11.2 Å². The summed E-state index contributed by atoms with van der Waals surface area (Å²) in [6.45, 7) is 5.59. The number of hydrogen-bond donors (Lipinski definition) is 2. The van der Waals surface area contributed by atoms with Gasteiger partial charge in [0, 0.05) is 50.1 Å². The van der Waals surface area contributed by atoms with Gasteiger partial charge in [0.15, 0.2) is 5.11 Å². The number of carbonyl (C=O) groups is 1. The summed E-state index contributed by atoms with van der Waals surface area (Å²) in [7, 11) is 0. The molecule has 31 heavy (non-hydrogen) atoms. The highest BCUT2D eigenvalue weighted by atomic mass is 32.1. The Labute approximate surface area is 189 Å². The van der Waals surface area contributed by atoms with Crippen molar-refractivity contribution in [2.24, 2.45) is 0 Å². The first-order valence-corrected chi connectivity index (χ1v) is 11.6. The summed E-state index contributed by atoms with van der Waals surface area (Å²) in [5, 5.41) is 7.11. The Kier molecular flexibility index (Phi) is 6.80. The normalized spacial score (nSPS) is 23.7. The largest absolute Gasteiger partial charge is 0.360 e. The van der Waals surface area contributed by atoms with Gasteiger partial charge in [-0.05, 0) is 56.5 Å². The van der Waals surface area contributed by atoms with E-state index in [0.29, 0.717) is 17.6 Å². The SMILES string of the molecule is Cc1ncc(Cc2ccccc2)c([C@H]2CCCN(C(=O)C[C@@H]3C[C@@H](C)NC(=S)N3)C2)n1. The van der Waals surface area contributed by atoms with Gasteiger partial charge in [-0.25, -0.2) is 9.97 Å². The van der Waals surface area contributed by atoms with Crippen molar-refractivity contribution in [3.8, 4) is 0 Å². The molecule has 2 aliphatic heterocycles. The maximum atomic E-state index is 13.1. The van der Waals surface area contributed by atoms with Crippen molar-refractivity contribution in [2.45, 2.75) is 64.0 Å². The second-order valence-electron chi connectivity index (χ2n) is 8.82. The Balaban J connectivity index is 1.46. The van der Waals surface area contributed by atoms with Crippen LogP contribution in [0.1, 0.15) is 61.2 Å². The van der Waals surface area contributed by atoms with Gasteiger partial charge in [0.1, 0.15) is 5.82 Å². The Hall–Kier alpha value is -2.54. The van der Waals surface area contributed by atoms with Crippen molar-refractivity contribution < 1.29 is 4.79 Å². The number of hydrogen-bond acceptors (Lipinski definition) is 4. The predicted octanol–water partition coefficient (Wildman–Crippen LogP) is 3.10. The zero-order chi connectivity index (χ0) is 21.8. The van der Waals surface area contributed by atoms with Gasteiger partial charge in [0.25, 0.3) is 0 Å². The van der Waals surface area contributed by atoms with Crippen molar-refractivity contribution in [3.05, 3.63) is 59.2 Å². The van der Waals surface area contributed by atoms with Crippen LogP contribution in [0.2, 0.25) is 0 Å². The highest BCUT2D eigenvalue weighted by molar-refractivity contribution is 7.80. The molecule has 1 aromatic heterocycles. The van der Waals surface area contributed by atoms with E-state index in [-0.39, 0.29) is 17.9 Å². The van der Waals surface area contributed by atoms with E-state index in [9.17, 15) is 4.79 Å². The molecule has 3 atom stereocenters. The molecule has 2 aromatic rings. The molecule has 6 nitrogen and oxygen atoms in total. The van der Waals surface area contributed by atoms with Crippen LogP contribution in [0.3, 0.4) is 0 Å². The number of amides is 1.